The molecular weight excluding hydrogens is 709 g/mol. The molecule has 3 heterocycles. The van der Waals surface area contributed by atoms with Gasteiger partial charge in [-0.25, -0.2) is 0 Å². The van der Waals surface area contributed by atoms with Crippen LogP contribution in [0.5, 0.6) is 0 Å². The molecule has 2 N–H and O–H groups in total. The van der Waals surface area contributed by atoms with Crippen LogP contribution in [0, 0.1) is 41.4 Å². The Bertz CT molecular complexity index is 939. The summed E-state index contributed by atoms with van der Waals surface area (Å²) in [7, 11) is -26.3. The zero-order chi connectivity index (χ0) is 34.9. The first kappa shape index (κ1) is 41.5. The smallest absolute Gasteiger partial charge is 0.397 e. The van der Waals surface area contributed by atoms with Crippen LogP contribution in [0.15, 0.2) is 0 Å². The Hall–Kier alpha value is 1.08. The van der Waals surface area contributed by atoms with E-state index in [-0.39, 0.29) is 53.5 Å². The van der Waals surface area contributed by atoms with E-state index >= 15 is 0 Å². The van der Waals surface area contributed by atoms with E-state index in [0.717, 1.165) is 0 Å². The average molecular weight is 775 g/mol. The summed E-state index contributed by atoms with van der Waals surface area (Å²) in [6, 6.07) is 2.88. The summed E-state index contributed by atoms with van der Waals surface area (Å²) in [5.41, 5.74) is 0. The van der Waals surface area contributed by atoms with Gasteiger partial charge in [-0.3, -0.25) is 0 Å². The summed E-state index contributed by atoms with van der Waals surface area (Å²) < 4.78 is 64.6. The molecule has 3 aliphatic heterocycles. The van der Waals surface area contributed by atoms with Crippen LogP contribution in [0.4, 0.5) is 0 Å². The van der Waals surface area contributed by atoms with E-state index in [2.05, 4.69) is 69.2 Å². The van der Waals surface area contributed by atoms with Crippen LogP contribution in [0.1, 0.15) is 96.9 Å². The first-order chi connectivity index (χ1) is 20.9. The van der Waals surface area contributed by atoms with Gasteiger partial charge in [0.1, 0.15) is 0 Å². The van der Waals surface area contributed by atoms with E-state index < -0.39 is 62.1 Å². The van der Waals surface area contributed by atoms with Crippen molar-refractivity contribution in [2.45, 2.75) is 139 Å². The molecule has 0 saturated carbocycles. The number of hydrogen-bond donors (Lipinski definition) is 2. The molecule has 3 rings (SSSR count). The molecule has 0 spiro atoms. The summed E-state index contributed by atoms with van der Waals surface area (Å²) in [4.78, 5) is 25.3. The highest BCUT2D eigenvalue weighted by molar-refractivity contribution is 6.97. The molecule has 272 valence electrons. The zero-order valence-corrected chi connectivity index (χ0v) is 38.3. The molecule has 3 saturated heterocycles. The summed E-state index contributed by atoms with van der Waals surface area (Å²) in [5, 5.41) is 0. The Morgan fingerprint density at radius 1 is 0.370 bits per heavy atom. The average Bonchev–Trinajstić information content (AvgIpc) is 2.70. The number of rotatable bonds is 14. The number of fused-ring (bicyclic) bond motifs is 3. The highest BCUT2D eigenvalue weighted by Crippen LogP contribution is 2.48. The van der Waals surface area contributed by atoms with E-state index in [0.29, 0.717) is 30.2 Å². The van der Waals surface area contributed by atoms with Crippen molar-refractivity contribution in [2.75, 3.05) is 0 Å². The van der Waals surface area contributed by atoms with Gasteiger partial charge in [-0.15, -0.1) is 0 Å². The minimum atomic E-state index is -4.13. The van der Waals surface area contributed by atoms with Gasteiger partial charge in [-0.1, -0.05) is 96.9 Å². The lowest BCUT2D eigenvalue weighted by molar-refractivity contribution is 0.0166. The molecule has 18 heteroatoms. The maximum Gasteiger partial charge on any atom is 0.483 e. The minimum Gasteiger partial charge on any atom is -0.397 e. The Morgan fingerprint density at radius 2 is 0.630 bits per heavy atom. The Kier molecular flexibility index (Phi) is 14.2. The van der Waals surface area contributed by atoms with Crippen molar-refractivity contribution in [3.05, 3.63) is 0 Å². The highest BCUT2D eigenvalue weighted by Gasteiger charge is 2.75. The third-order valence-electron chi connectivity index (χ3n) is 7.44. The highest BCUT2D eigenvalue weighted by atomic mass is 28.6. The van der Waals surface area contributed by atoms with Crippen molar-refractivity contribution >= 4 is 62.1 Å². The predicted octanol–water partition coefficient (Wildman–Crippen LogP) is 6.61. The molecular formula is C28H66O11Si7. The van der Waals surface area contributed by atoms with Crippen LogP contribution >= 0.6 is 0 Å². The normalized spacial score (nSPS) is 39.1. The molecule has 0 amide bonds. The van der Waals surface area contributed by atoms with Crippen LogP contribution in [0.2, 0.25) is 42.3 Å². The molecule has 3 aliphatic rings. The van der Waals surface area contributed by atoms with Crippen molar-refractivity contribution < 1.29 is 46.6 Å². The molecule has 4 bridgehead atoms. The maximum atomic E-state index is 12.6. The van der Waals surface area contributed by atoms with E-state index in [1.165, 1.54) is 0 Å². The van der Waals surface area contributed by atoms with Crippen LogP contribution in [0.3, 0.4) is 0 Å². The Balaban J connectivity index is 2.46. The molecule has 0 aromatic heterocycles. The molecule has 11 nitrogen and oxygen atoms in total. The van der Waals surface area contributed by atoms with Crippen molar-refractivity contribution in [1.29, 1.82) is 0 Å². The summed E-state index contributed by atoms with van der Waals surface area (Å²) in [6.45, 7) is 29.2. The minimum absolute atomic E-state index is 0.0384. The third-order valence-corrected chi connectivity index (χ3v) is 39.2. The zero-order valence-electron chi connectivity index (χ0n) is 31.1. The van der Waals surface area contributed by atoms with Crippen molar-refractivity contribution in [1.82, 2.24) is 0 Å². The van der Waals surface area contributed by atoms with Crippen molar-refractivity contribution in [3.63, 3.8) is 0 Å². The molecule has 0 radical (unpaired) electrons. The van der Waals surface area contributed by atoms with Gasteiger partial charge in [0, 0.05) is 36.3 Å². The first-order valence-corrected chi connectivity index (χ1v) is 31.1. The van der Waals surface area contributed by atoms with Gasteiger partial charge in [0.15, 0.2) is 0 Å². The molecule has 4 unspecified atom stereocenters. The predicted molar refractivity (Wildman–Crippen MR) is 193 cm³/mol. The standard InChI is InChI=1S/C28H66O11Si7/c1-22(2)15-40-31-43(18-25(7)8)33-41(29,16-23(3)4)35-45(20-27(11)12)36-42(30,17-24(5)6)34-44(32-40,19-26(9)10)38-46(37-43,39-45)21-28(13)14/h22-30,40H,15-21H2,1-14H3. The van der Waals surface area contributed by atoms with Gasteiger partial charge in [-0.2, -0.15) is 0 Å². The molecule has 3 fully saturated rings. The molecule has 0 aliphatic carbocycles. The van der Waals surface area contributed by atoms with Crippen LogP contribution in [-0.2, 0) is 37.0 Å². The summed E-state index contributed by atoms with van der Waals surface area (Å²) in [5.74, 6) is 0.731. The Labute approximate surface area is 288 Å². The topological polar surface area (TPSA) is 124 Å². The van der Waals surface area contributed by atoms with Crippen molar-refractivity contribution in [2.24, 2.45) is 41.4 Å². The summed E-state index contributed by atoms with van der Waals surface area (Å²) in [6.07, 6.45) is 0. The quantitative estimate of drug-likeness (QED) is 0.186. The van der Waals surface area contributed by atoms with E-state index in [4.69, 9.17) is 37.0 Å². The SMILES string of the molecule is CC(C)C[SiH]1O[Si]2(CC(C)C)O[Si](O)(CC(C)C)O[Si]3(CC(C)C)O[Si](O)(CC(C)C)O[Si](CC(C)C)(O1)O[Si](CC(C)C)(O2)O3. The summed E-state index contributed by atoms with van der Waals surface area (Å²) >= 11 is 0. The lowest BCUT2D eigenvalue weighted by Gasteiger charge is -2.57. The molecule has 46 heavy (non-hydrogen) atoms. The second-order valence-corrected chi connectivity index (χ2v) is 36.5. The maximum absolute atomic E-state index is 12.6. The van der Waals surface area contributed by atoms with Gasteiger partial charge >= 0.3 is 62.1 Å². The van der Waals surface area contributed by atoms with Gasteiger partial charge in [0.2, 0.25) is 0 Å². The second-order valence-electron chi connectivity index (χ2n) is 16.8. The third kappa shape index (κ3) is 11.6. The van der Waals surface area contributed by atoms with Crippen molar-refractivity contribution in [3.8, 4) is 0 Å². The van der Waals surface area contributed by atoms with Gasteiger partial charge in [0.05, 0.1) is 0 Å². The van der Waals surface area contributed by atoms with E-state index in [9.17, 15) is 9.59 Å². The molecule has 0 aromatic rings. The molecule has 0 aromatic carbocycles. The van der Waals surface area contributed by atoms with Crippen LogP contribution in [-0.4, -0.2) is 71.7 Å². The van der Waals surface area contributed by atoms with E-state index in [1.807, 2.05) is 27.7 Å². The lowest BCUT2D eigenvalue weighted by atomic mass is 10.3. The van der Waals surface area contributed by atoms with Crippen LogP contribution < -0.4 is 0 Å². The fourth-order valence-corrected chi connectivity index (χ4v) is 44.9. The first-order valence-electron chi connectivity index (χ1n) is 17.7. The van der Waals surface area contributed by atoms with E-state index in [1.54, 1.807) is 0 Å². The monoisotopic (exact) mass is 774 g/mol. The Morgan fingerprint density at radius 3 is 0.935 bits per heavy atom. The van der Waals surface area contributed by atoms with Gasteiger partial charge in [-0.05, 0) is 47.5 Å². The van der Waals surface area contributed by atoms with Gasteiger partial charge in [0.25, 0.3) is 0 Å². The van der Waals surface area contributed by atoms with Gasteiger partial charge < -0.3 is 46.6 Å². The van der Waals surface area contributed by atoms with Crippen LogP contribution in [0.25, 0.3) is 0 Å². The fraction of sp³-hybridized carbons (Fsp3) is 1.00. The fourth-order valence-electron chi connectivity index (χ4n) is 6.60. The second kappa shape index (κ2) is 15.8. The molecule has 4 atom stereocenters. The number of hydrogen-bond acceptors (Lipinski definition) is 11. The lowest BCUT2D eigenvalue weighted by Crippen LogP contribution is -2.81. The largest absolute Gasteiger partial charge is 0.483 e.